The van der Waals surface area contributed by atoms with Gasteiger partial charge in [0.25, 0.3) is 0 Å². The molecule has 0 bridgehead atoms. The zero-order valence-corrected chi connectivity index (χ0v) is 12.8. The van der Waals surface area contributed by atoms with Gasteiger partial charge >= 0.3 is 0 Å². The second-order valence-corrected chi connectivity index (χ2v) is 4.97. The minimum atomic E-state index is -1.18. The van der Waals surface area contributed by atoms with Crippen molar-refractivity contribution in [3.63, 3.8) is 0 Å². The van der Waals surface area contributed by atoms with E-state index < -0.39 is 17.4 Å². The van der Waals surface area contributed by atoms with Crippen molar-refractivity contribution in [3.05, 3.63) is 57.6 Å². The Labute approximate surface area is 128 Å². The van der Waals surface area contributed by atoms with Crippen LogP contribution in [0.2, 0.25) is 0 Å². The molecule has 3 nitrogen and oxygen atoms in total. The quantitative estimate of drug-likeness (QED) is 0.777. The van der Waals surface area contributed by atoms with Crippen molar-refractivity contribution in [2.45, 2.75) is 0 Å². The molecular weight excluding hydrogens is 346 g/mol. The van der Waals surface area contributed by atoms with Gasteiger partial charge in [0.2, 0.25) is 0 Å². The third-order valence-electron chi connectivity index (χ3n) is 2.91. The fourth-order valence-electron chi connectivity index (χ4n) is 1.85. The first-order valence-corrected chi connectivity index (χ1v) is 6.69. The molecule has 6 heteroatoms. The predicted octanol–water partition coefficient (Wildman–Crippen LogP) is 3.98. The lowest BCUT2D eigenvalue weighted by atomic mass is 10.0. The Hall–Kier alpha value is -1.95. The van der Waals surface area contributed by atoms with Gasteiger partial charge in [0, 0.05) is 10.0 Å². The molecule has 0 saturated heterocycles. The molecule has 0 radical (unpaired) electrons. The summed E-state index contributed by atoms with van der Waals surface area (Å²) in [6.45, 7) is 0. The average molecular weight is 357 g/mol. The minimum absolute atomic E-state index is 0.150. The zero-order chi connectivity index (χ0) is 15.6. The highest BCUT2D eigenvalue weighted by atomic mass is 79.9. The fraction of sp³-hybridized carbons (Fsp3) is 0.133. The van der Waals surface area contributed by atoms with Crippen molar-refractivity contribution in [1.82, 2.24) is 0 Å². The number of benzene rings is 2. The summed E-state index contributed by atoms with van der Waals surface area (Å²) in [7, 11) is 2.88. The third-order valence-corrected chi connectivity index (χ3v) is 3.57. The lowest BCUT2D eigenvalue weighted by Gasteiger charge is -2.11. The molecule has 110 valence electrons. The number of carbonyl (C=O) groups excluding carboxylic acids is 1. The van der Waals surface area contributed by atoms with E-state index in [4.69, 9.17) is 9.47 Å². The van der Waals surface area contributed by atoms with Crippen LogP contribution in [-0.2, 0) is 0 Å². The monoisotopic (exact) mass is 356 g/mol. The van der Waals surface area contributed by atoms with E-state index in [0.29, 0.717) is 16.0 Å². The molecule has 0 fully saturated rings. The number of hydrogen-bond donors (Lipinski definition) is 0. The van der Waals surface area contributed by atoms with E-state index in [1.165, 1.54) is 38.5 Å². The Morgan fingerprint density at radius 1 is 1.05 bits per heavy atom. The van der Waals surface area contributed by atoms with Crippen LogP contribution in [0.5, 0.6) is 11.5 Å². The Balaban J connectivity index is 2.56. The molecule has 0 unspecified atom stereocenters. The Morgan fingerprint density at radius 2 is 1.67 bits per heavy atom. The van der Waals surface area contributed by atoms with E-state index in [2.05, 4.69) is 15.9 Å². The van der Waals surface area contributed by atoms with Crippen LogP contribution < -0.4 is 9.47 Å². The molecule has 0 spiro atoms. The molecule has 0 N–H and O–H groups in total. The molecule has 2 aromatic rings. The first kappa shape index (κ1) is 15.4. The molecule has 0 aliphatic heterocycles. The second kappa shape index (κ2) is 6.22. The van der Waals surface area contributed by atoms with Crippen LogP contribution in [0.3, 0.4) is 0 Å². The third kappa shape index (κ3) is 2.90. The van der Waals surface area contributed by atoms with Crippen LogP contribution in [0.1, 0.15) is 15.9 Å². The van der Waals surface area contributed by atoms with Gasteiger partial charge in [-0.1, -0.05) is 6.07 Å². The summed E-state index contributed by atoms with van der Waals surface area (Å²) >= 11 is 3.22. The van der Waals surface area contributed by atoms with Crippen molar-refractivity contribution < 1.29 is 23.0 Å². The Bertz CT molecular complexity index is 702. The average Bonchev–Trinajstić information content (AvgIpc) is 2.49. The first-order chi connectivity index (χ1) is 9.99. The highest BCUT2D eigenvalue weighted by Crippen LogP contribution is 2.34. The normalized spacial score (nSPS) is 10.3. The fourth-order valence-corrected chi connectivity index (χ4v) is 2.35. The van der Waals surface area contributed by atoms with Crippen LogP contribution in [0, 0.1) is 11.6 Å². The van der Waals surface area contributed by atoms with Crippen LogP contribution in [0.25, 0.3) is 0 Å². The van der Waals surface area contributed by atoms with E-state index in [1.54, 1.807) is 0 Å². The highest BCUT2D eigenvalue weighted by molar-refractivity contribution is 9.10. The Morgan fingerprint density at radius 3 is 2.29 bits per heavy atom. The van der Waals surface area contributed by atoms with E-state index in [1.807, 2.05) is 0 Å². The zero-order valence-electron chi connectivity index (χ0n) is 11.2. The number of halogens is 3. The number of carbonyl (C=O) groups is 1. The lowest BCUT2D eigenvalue weighted by molar-refractivity contribution is 0.103. The second-order valence-electron chi connectivity index (χ2n) is 4.12. The van der Waals surface area contributed by atoms with E-state index >= 15 is 0 Å². The van der Waals surface area contributed by atoms with Gasteiger partial charge in [0.15, 0.2) is 28.9 Å². The number of ketones is 1. The van der Waals surface area contributed by atoms with Gasteiger partial charge in [-0.15, -0.1) is 0 Å². The summed E-state index contributed by atoms with van der Waals surface area (Å²) in [5.74, 6) is -2.16. The summed E-state index contributed by atoms with van der Waals surface area (Å²) in [5, 5.41) is 0. The molecule has 2 aromatic carbocycles. The maximum absolute atomic E-state index is 13.7. The first-order valence-electron chi connectivity index (χ1n) is 5.89. The standard InChI is InChI=1S/C15H11BrF2O3/c1-20-12-6-9(10(16)7-13(12)21-2)15(19)8-4-3-5-11(17)14(8)18/h3-7H,1-2H3. The number of hydrogen-bond acceptors (Lipinski definition) is 3. The van der Waals surface area contributed by atoms with E-state index in [0.717, 1.165) is 6.07 Å². The summed E-state index contributed by atoms with van der Waals surface area (Å²) in [6.07, 6.45) is 0. The summed E-state index contributed by atoms with van der Waals surface area (Å²) in [6, 6.07) is 6.40. The Kier molecular flexibility index (Phi) is 4.57. The summed E-state index contributed by atoms with van der Waals surface area (Å²) in [4.78, 5) is 12.4. The molecule has 2 rings (SSSR count). The lowest BCUT2D eigenvalue weighted by Crippen LogP contribution is -2.07. The van der Waals surface area contributed by atoms with Crippen molar-refractivity contribution in [2.24, 2.45) is 0 Å². The SMILES string of the molecule is COc1cc(Br)c(C(=O)c2cccc(F)c2F)cc1OC. The topological polar surface area (TPSA) is 35.5 Å². The van der Waals surface area contributed by atoms with E-state index in [9.17, 15) is 13.6 Å². The van der Waals surface area contributed by atoms with Gasteiger partial charge in [-0.05, 0) is 40.2 Å². The largest absolute Gasteiger partial charge is 0.493 e. The maximum Gasteiger partial charge on any atom is 0.197 e. The van der Waals surface area contributed by atoms with Crippen molar-refractivity contribution in [2.75, 3.05) is 14.2 Å². The molecular formula is C15H11BrF2O3. The van der Waals surface area contributed by atoms with Crippen LogP contribution in [0.15, 0.2) is 34.8 Å². The maximum atomic E-state index is 13.7. The highest BCUT2D eigenvalue weighted by Gasteiger charge is 2.21. The molecule has 0 heterocycles. The van der Waals surface area contributed by atoms with Gasteiger partial charge < -0.3 is 9.47 Å². The van der Waals surface area contributed by atoms with Crippen molar-refractivity contribution in [1.29, 1.82) is 0 Å². The molecule has 0 aliphatic rings. The molecule has 0 aliphatic carbocycles. The molecule has 0 aromatic heterocycles. The summed E-state index contributed by atoms with van der Waals surface area (Å²) < 4.78 is 37.6. The minimum Gasteiger partial charge on any atom is -0.493 e. The van der Waals surface area contributed by atoms with Crippen molar-refractivity contribution >= 4 is 21.7 Å². The number of ether oxygens (including phenoxy) is 2. The summed E-state index contributed by atoms with van der Waals surface area (Å²) in [5.41, 5.74) is -0.194. The predicted molar refractivity (Wildman–Crippen MR) is 77.0 cm³/mol. The van der Waals surface area contributed by atoms with Gasteiger partial charge in [-0.3, -0.25) is 4.79 Å². The number of rotatable bonds is 4. The van der Waals surface area contributed by atoms with E-state index in [-0.39, 0.29) is 11.1 Å². The smallest absolute Gasteiger partial charge is 0.197 e. The van der Waals surface area contributed by atoms with Gasteiger partial charge in [-0.2, -0.15) is 0 Å². The van der Waals surface area contributed by atoms with Gasteiger partial charge in [0.1, 0.15) is 0 Å². The van der Waals surface area contributed by atoms with Gasteiger partial charge in [-0.25, -0.2) is 8.78 Å². The van der Waals surface area contributed by atoms with Gasteiger partial charge in [0.05, 0.1) is 19.8 Å². The molecule has 0 amide bonds. The van der Waals surface area contributed by atoms with Crippen molar-refractivity contribution in [3.8, 4) is 11.5 Å². The van der Waals surface area contributed by atoms with Crippen LogP contribution >= 0.6 is 15.9 Å². The molecule has 21 heavy (non-hydrogen) atoms. The molecule has 0 saturated carbocycles. The van der Waals surface area contributed by atoms with Crippen LogP contribution in [-0.4, -0.2) is 20.0 Å². The molecule has 0 atom stereocenters. The number of methoxy groups -OCH3 is 2. The van der Waals surface area contributed by atoms with Crippen LogP contribution in [0.4, 0.5) is 8.78 Å².